The second-order valence-corrected chi connectivity index (χ2v) is 7.40. The summed E-state index contributed by atoms with van der Waals surface area (Å²) in [5, 5.41) is 0.923. The van der Waals surface area contributed by atoms with Crippen LogP contribution in [0.1, 0.15) is 35.7 Å². The summed E-state index contributed by atoms with van der Waals surface area (Å²) in [4.78, 5) is 27.6. The Bertz CT molecular complexity index is 1210. The van der Waals surface area contributed by atoms with E-state index in [0.717, 1.165) is 46.5 Å². The van der Waals surface area contributed by atoms with Crippen molar-refractivity contribution < 1.29 is 9.53 Å². The highest BCUT2D eigenvalue weighted by Crippen LogP contribution is 2.30. The quantitative estimate of drug-likeness (QED) is 0.579. The minimum absolute atomic E-state index is 0.0150. The normalized spacial score (nSPS) is 16.8. The van der Waals surface area contributed by atoms with Gasteiger partial charge in [0, 0.05) is 36.6 Å². The first-order valence-electron chi connectivity index (χ1n) is 9.96. The predicted molar refractivity (Wildman–Crippen MR) is 111 cm³/mol. The summed E-state index contributed by atoms with van der Waals surface area (Å²) < 4.78 is 7.64. The number of pyridine rings is 1. The minimum atomic E-state index is 0.0150. The summed E-state index contributed by atoms with van der Waals surface area (Å²) in [7, 11) is 1.64. The highest BCUT2D eigenvalue weighted by molar-refractivity contribution is 5.99. The summed E-state index contributed by atoms with van der Waals surface area (Å²) in [6, 6.07) is 11.8. The van der Waals surface area contributed by atoms with Crippen LogP contribution in [0.2, 0.25) is 0 Å². The molecule has 4 aromatic rings. The van der Waals surface area contributed by atoms with Crippen molar-refractivity contribution in [3.05, 3.63) is 54.1 Å². The standard InChI is InChI=1S/C22H23N5O2/c1-3-20-25-17-7-5-10-23-21(17)27(20)14-9-11-26(13-14)22(28)18-12-15-16(24-18)6-4-8-19(15)29-2/h4-8,10,12,14,24H,3,9,11,13H2,1-2H3/t14-/m0/s1. The highest BCUT2D eigenvalue weighted by atomic mass is 16.5. The molecule has 7 heteroatoms. The number of aromatic amines is 1. The molecule has 7 nitrogen and oxygen atoms in total. The van der Waals surface area contributed by atoms with Crippen molar-refractivity contribution in [1.29, 1.82) is 0 Å². The molecule has 5 rings (SSSR count). The number of benzene rings is 1. The first-order valence-corrected chi connectivity index (χ1v) is 9.96. The smallest absolute Gasteiger partial charge is 0.270 e. The van der Waals surface area contributed by atoms with E-state index in [4.69, 9.17) is 9.72 Å². The minimum Gasteiger partial charge on any atom is -0.496 e. The van der Waals surface area contributed by atoms with Gasteiger partial charge in [-0.25, -0.2) is 9.97 Å². The summed E-state index contributed by atoms with van der Waals surface area (Å²) in [6.45, 7) is 3.47. The first kappa shape index (κ1) is 17.7. The Morgan fingerprint density at radius 2 is 2.21 bits per heavy atom. The van der Waals surface area contributed by atoms with E-state index in [1.165, 1.54) is 0 Å². The molecule has 3 aromatic heterocycles. The van der Waals surface area contributed by atoms with Crippen molar-refractivity contribution in [2.45, 2.75) is 25.8 Å². The second-order valence-electron chi connectivity index (χ2n) is 7.40. The largest absolute Gasteiger partial charge is 0.496 e. The average molecular weight is 389 g/mol. The topological polar surface area (TPSA) is 76.0 Å². The molecule has 4 heterocycles. The molecular weight excluding hydrogens is 366 g/mol. The number of rotatable bonds is 4. The predicted octanol–water partition coefficient (Wildman–Crippen LogP) is 3.57. The van der Waals surface area contributed by atoms with Crippen LogP contribution in [0, 0.1) is 0 Å². The third-order valence-electron chi connectivity index (χ3n) is 5.73. The number of imidazole rings is 1. The molecule has 1 atom stereocenters. The van der Waals surface area contributed by atoms with Crippen molar-refractivity contribution in [3.8, 4) is 5.75 Å². The number of methoxy groups -OCH3 is 1. The SMILES string of the molecule is CCc1nc2cccnc2n1[C@H]1CCN(C(=O)c2cc3c(OC)cccc3[nH]2)C1. The van der Waals surface area contributed by atoms with Gasteiger partial charge >= 0.3 is 0 Å². The Balaban J connectivity index is 1.43. The number of nitrogens with zero attached hydrogens (tertiary/aromatic N) is 4. The van der Waals surface area contributed by atoms with E-state index in [1.54, 1.807) is 13.3 Å². The van der Waals surface area contributed by atoms with Gasteiger partial charge in [0.2, 0.25) is 0 Å². The van der Waals surface area contributed by atoms with Crippen LogP contribution in [0.4, 0.5) is 0 Å². The number of carbonyl (C=O) groups excluding carboxylic acids is 1. The van der Waals surface area contributed by atoms with Crippen molar-refractivity contribution in [2.24, 2.45) is 0 Å². The Morgan fingerprint density at radius 3 is 3.03 bits per heavy atom. The van der Waals surface area contributed by atoms with Crippen LogP contribution in [0.25, 0.3) is 22.1 Å². The van der Waals surface area contributed by atoms with E-state index >= 15 is 0 Å². The van der Waals surface area contributed by atoms with Gasteiger partial charge in [0.15, 0.2) is 5.65 Å². The maximum Gasteiger partial charge on any atom is 0.270 e. The van der Waals surface area contributed by atoms with Crippen LogP contribution >= 0.6 is 0 Å². The molecule has 0 aliphatic carbocycles. The van der Waals surface area contributed by atoms with Gasteiger partial charge in [-0.2, -0.15) is 0 Å². The molecule has 1 fully saturated rings. The van der Waals surface area contributed by atoms with E-state index in [2.05, 4.69) is 21.5 Å². The van der Waals surface area contributed by atoms with Crippen molar-refractivity contribution in [1.82, 2.24) is 24.4 Å². The lowest BCUT2D eigenvalue weighted by Gasteiger charge is -2.18. The summed E-state index contributed by atoms with van der Waals surface area (Å²) >= 11 is 0. The zero-order valence-electron chi connectivity index (χ0n) is 16.6. The van der Waals surface area contributed by atoms with Gasteiger partial charge in [-0.15, -0.1) is 0 Å². The number of hydrogen-bond donors (Lipinski definition) is 1. The van der Waals surface area contributed by atoms with E-state index < -0.39 is 0 Å². The number of likely N-dealkylation sites (tertiary alicyclic amines) is 1. The molecular formula is C22H23N5O2. The Morgan fingerprint density at radius 1 is 1.31 bits per heavy atom. The van der Waals surface area contributed by atoms with Gasteiger partial charge < -0.3 is 19.2 Å². The molecule has 1 saturated heterocycles. The monoisotopic (exact) mass is 389 g/mol. The van der Waals surface area contributed by atoms with Crippen LogP contribution < -0.4 is 4.74 Å². The zero-order valence-corrected chi connectivity index (χ0v) is 16.6. The van der Waals surface area contributed by atoms with Gasteiger partial charge in [-0.3, -0.25) is 4.79 Å². The fourth-order valence-electron chi connectivity index (χ4n) is 4.34. The molecule has 29 heavy (non-hydrogen) atoms. The number of fused-ring (bicyclic) bond motifs is 2. The number of carbonyl (C=O) groups is 1. The van der Waals surface area contributed by atoms with Crippen LogP contribution in [0.5, 0.6) is 5.75 Å². The number of aryl methyl sites for hydroxylation is 1. The summed E-state index contributed by atoms with van der Waals surface area (Å²) in [5.74, 6) is 1.80. The number of nitrogens with one attached hydrogen (secondary N) is 1. The highest BCUT2D eigenvalue weighted by Gasteiger charge is 2.31. The Hall–Kier alpha value is -3.35. The molecule has 1 aliphatic heterocycles. The third kappa shape index (κ3) is 2.85. The van der Waals surface area contributed by atoms with E-state index in [1.807, 2.05) is 41.3 Å². The fourth-order valence-corrected chi connectivity index (χ4v) is 4.34. The second kappa shape index (κ2) is 6.92. The van der Waals surface area contributed by atoms with E-state index in [0.29, 0.717) is 18.8 Å². The van der Waals surface area contributed by atoms with Crippen molar-refractivity contribution >= 4 is 28.0 Å². The number of aromatic nitrogens is 4. The maximum absolute atomic E-state index is 13.2. The molecule has 0 saturated carbocycles. The average Bonchev–Trinajstić information content (AvgIpc) is 3.48. The van der Waals surface area contributed by atoms with Crippen LogP contribution in [-0.2, 0) is 6.42 Å². The van der Waals surface area contributed by atoms with Crippen LogP contribution in [0.15, 0.2) is 42.6 Å². The summed E-state index contributed by atoms with van der Waals surface area (Å²) in [6.07, 6.45) is 3.53. The lowest BCUT2D eigenvalue weighted by atomic mass is 10.2. The Labute approximate surface area is 168 Å². The third-order valence-corrected chi connectivity index (χ3v) is 5.73. The zero-order chi connectivity index (χ0) is 20.0. The lowest BCUT2D eigenvalue weighted by Crippen LogP contribution is -2.29. The number of amides is 1. The van der Waals surface area contributed by atoms with Crippen LogP contribution in [-0.4, -0.2) is 50.5 Å². The lowest BCUT2D eigenvalue weighted by molar-refractivity contribution is 0.0783. The Kier molecular flexibility index (Phi) is 4.23. The molecule has 148 valence electrons. The van der Waals surface area contributed by atoms with Crippen molar-refractivity contribution in [3.63, 3.8) is 0 Å². The molecule has 1 aliphatic rings. The van der Waals surface area contributed by atoms with Gasteiger partial charge in [-0.1, -0.05) is 13.0 Å². The van der Waals surface area contributed by atoms with Gasteiger partial charge in [0.1, 0.15) is 22.8 Å². The molecule has 0 unspecified atom stereocenters. The van der Waals surface area contributed by atoms with Gasteiger partial charge in [0.25, 0.3) is 5.91 Å². The first-order chi connectivity index (χ1) is 14.2. The van der Waals surface area contributed by atoms with Gasteiger partial charge in [0.05, 0.1) is 13.2 Å². The molecule has 0 spiro atoms. The van der Waals surface area contributed by atoms with E-state index in [9.17, 15) is 4.79 Å². The molecule has 1 N–H and O–H groups in total. The van der Waals surface area contributed by atoms with Crippen molar-refractivity contribution in [2.75, 3.05) is 20.2 Å². The van der Waals surface area contributed by atoms with Crippen LogP contribution in [0.3, 0.4) is 0 Å². The number of hydrogen-bond acceptors (Lipinski definition) is 4. The molecule has 0 radical (unpaired) electrons. The summed E-state index contributed by atoms with van der Waals surface area (Å²) in [5.41, 5.74) is 3.31. The number of ether oxygens (including phenoxy) is 1. The number of H-pyrrole nitrogens is 1. The molecule has 0 bridgehead atoms. The maximum atomic E-state index is 13.2. The van der Waals surface area contributed by atoms with E-state index in [-0.39, 0.29) is 11.9 Å². The fraction of sp³-hybridized carbons (Fsp3) is 0.318. The molecule has 1 amide bonds. The molecule has 1 aromatic carbocycles. The van der Waals surface area contributed by atoms with Gasteiger partial charge in [-0.05, 0) is 36.8 Å².